The van der Waals surface area contributed by atoms with Crippen molar-refractivity contribution in [3.63, 3.8) is 0 Å². The van der Waals surface area contributed by atoms with Crippen molar-refractivity contribution in [3.8, 4) is 11.3 Å². The van der Waals surface area contributed by atoms with Crippen molar-refractivity contribution in [3.05, 3.63) is 77.6 Å². The van der Waals surface area contributed by atoms with Crippen LogP contribution in [0.1, 0.15) is 23.6 Å². The van der Waals surface area contributed by atoms with Gasteiger partial charge in [0.2, 0.25) is 5.91 Å². The van der Waals surface area contributed by atoms with Gasteiger partial charge in [-0.1, -0.05) is 42.5 Å². The van der Waals surface area contributed by atoms with Crippen LogP contribution in [0.5, 0.6) is 0 Å². The zero-order valence-corrected chi connectivity index (χ0v) is 14.7. The highest BCUT2D eigenvalue weighted by Gasteiger charge is 2.13. The molecule has 0 radical (unpaired) electrons. The molecule has 3 aromatic rings. The Bertz CT molecular complexity index is 857. The molecule has 0 unspecified atom stereocenters. The van der Waals surface area contributed by atoms with Crippen LogP contribution in [0.25, 0.3) is 11.3 Å². The van der Waals surface area contributed by atoms with Gasteiger partial charge in [0, 0.05) is 31.9 Å². The highest BCUT2D eigenvalue weighted by atomic mass is 19.1. The number of benzene rings is 2. The molecule has 0 aliphatic heterocycles. The predicted octanol–water partition coefficient (Wildman–Crippen LogP) is 4.08. The van der Waals surface area contributed by atoms with E-state index in [2.05, 4.69) is 10.3 Å². The van der Waals surface area contributed by atoms with E-state index in [-0.39, 0.29) is 11.7 Å². The third kappa shape index (κ3) is 4.79. The second kappa shape index (κ2) is 8.43. The number of nitrogens with one attached hydrogen (secondary N) is 1. The summed E-state index contributed by atoms with van der Waals surface area (Å²) in [6, 6.07) is 16.1. The molecule has 0 saturated carbocycles. The summed E-state index contributed by atoms with van der Waals surface area (Å²) in [4.78, 5) is 16.5. The number of aromatic nitrogens is 1. The first-order chi connectivity index (χ1) is 12.6. The van der Waals surface area contributed by atoms with Gasteiger partial charge in [0.25, 0.3) is 0 Å². The van der Waals surface area contributed by atoms with E-state index in [0.717, 1.165) is 22.6 Å². The molecule has 1 amide bonds. The monoisotopic (exact) mass is 352 g/mol. The number of carbonyl (C=O) groups excluding carboxylic acids is 1. The van der Waals surface area contributed by atoms with Crippen LogP contribution >= 0.6 is 0 Å². The predicted molar refractivity (Wildman–Crippen MR) is 98.1 cm³/mol. The fraction of sp³-hybridized carbons (Fsp3) is 0.238. The lowest BCUT2D eigenvalue weighted by molar-refractivity contribution is -0.121. The number of hydrogen-bond donors (Lipinski definition) is 1. The third-order valence-electron chi connectivity index (χ3n) is 4.08. The van der Waals surface area contributed by atoms with Crippen LogP contribution in [-0.2, 0) is 17.6 Å². The second-order valence-electron chi connectivity index (χ2n) is 6.10. The van der Waals surface area contributed by atoms with Gasteiger partial charge in [-0.15, -0.1) is 0 Å². The molecule has 0 fully saturated rings. The van der Waals surface area contributed by atoms with Crippen molar-refractivity contribution in [2.24, 2.45) is 0 Å². The van der Waals surface area contributed by atoms with Crippen LogP contribution in [0, 0.1) is 12.7 Å². The number of carbonyl (C=O) groups is 1. The largest absolute Gasteiger partial charge is 0.445 e. The van der Waals surface area contributed by atoms with E-state index in [1.54, 1.807) is 12.1 Å². The first-order valence-electron chi connectivity index (χ1n) is 8.64. The zero-order chi connectivity index (χ0) is 18.4. The Morgan fingerprint density at radius 1 is 1.08 bits per heavy atom. The van der Waals surface area contributed by atoms with E-state index < -0.39 is 0 Å². The van der Waals surface area contributed by atoms with E-state index in [4.69, 9.17) is 4.42 Å². The van der Waals surface area contributed by atoms with Crippen molar-refractivity contribution in [2.75, 3.05) is 6.54 Å². The summed E-state index contributed by atoms with van der Waals surface area (Å²) in [7, 11) is 0. The molecule has 1 N–H and O–H groups in total. The number of nitrogens with zero attached hydrogens (tertiary/aromatic N) is 1. The van der Waals surface area contributed by atoms with Gasteiger partial charge in [0.1, 0.15) is 17.3 Å². The maximum absolute atomic E-state index is 12.9. The van der Waals surface area contributed by atoms with Gasteiger partial charge in [0.15, 0.2) is 5.89 Å². The summed E-state index contributed by atoms with van der Waals surface area (Å²) in [6.45, 7) is 2.30. The Morgan fingerprint density at radius 2 is 1.81 bits per heavy atom. The quantitative estimate of drug-likeness (QED) is 0.697. The first-order valence-corrected chi connectivity index (χ1v) is 8.64. The van der Waals surface area contributed by atoms with E-state index in [9.17, 15) is 9.18 Å². The lowest BCUT2D eigenvalue weighted by atomic mass is 10.1. The molecule has 0 atom stereocenters. The minimum absolute atomic E-state index is 0.0353. The Kier molecular flexibility index (Phi) is 5.79. The highest BCUT2D eigenvalue weighted by molar-refractivity contribution is 5.76. The van der Waals surface area contributed by atoms with Crippen LogP contribution in [0.3, 0.4) is 0 Å². The Balaban J connectivity index is 1.50. The van der Waals surface area contributed by atoms with Crippen molar-refractivity contribution in [1.82, 2.24) is 10.3 Å². The van der Waals surface area contributed by atoms with Crippen molar-refractivity contribution >= 4 is 5.91 Å². The summed E-state index contributed by atoms with van der Waals surface area (Å²) in [5.74, 6) is 1.08. The van der Waals surface area contributed by atoms with E-state index in [1.165, 1.54) is 12.1 Å². The number of hydrogen-bond acceptors (Lipinski definition) is 3. The molecule has 4 nitrogen and oxygen atoms in total. The number of halogens is 1. The summed E-state index contributed by atoms with van der Waals surface area (Å²) >= 11 is 0. The summed E-state index contributed by atoms with van der Waals surface area (Å²) in [5.41, 5.74) is 2.77. The molecular formula is C21H21FN2O2. The maximum Gasteiger partial charge on any atom is 0.220 e. The Morgan fingerprint density at radius 3 is 2.54 bits per heavy atom. The van der Waals surface area contributed by atoms with Crippen LogP contribution < -0.4 is 5.32 Å². The normalized spacial score (nSPS) is 10.7. The highest BCUT2D eigenvalue weighted by Crippen LogP contribution is 2.23. The van der Waals surface area contributed by atoms with Gasteiger partial charge in [-0.3, -0.25) is 4.79 Å². The third-order valence-corrected chi connectivity index (χ3v) is 4.08. The molecule has 0 spiro atoms. The lowest BCUT2D eigenvalue weighted by Gasteiger charge is -2.05. The number of amides is 1. The molecule has 0 saturated heterocycles. The minimum Gasteiger partial charge on any atom is -0.445 e. The molecule has 1 heterocycles. The van der Waals surface area contributed by atoms with Gasteiger partial charge in [-0.05, 0) is 24.1 Å². The van der Waals surface area contributed by atoms with E-state index in [1.807, 2.05) is 37.3 Å². The van der Waals surface area contributed by atoms with Gasteiger partial charge in [-0.2, -0.15) is 0 Å². The molecule has 1 aromatic heterocycles. The van der Waals surface area contributed by atoms with Crippen molar-refractivity contribution in [1.29, 1.82) is 0 Å². The van der Waals surface area contributed by atoms with E-state index in [0.29, 0.717) is 31.7 Å². The van der Waals surface area contributed by atoms with Gasteiger partial charge < -0.3 is 9.73 Å². The van der Waals surface area contributed by atoms with Gasteiger partial charge in [0.05, 0.1) is 0 Å². The topological polar surface area (TPSA) is 55.1 Å². The second-order valence-corrected chi connectivity index (χ2v) is 6.10. The fourth-order valence-electron chi connectivity index (χ4n) is 2.77. The smallest absolute Gasteiger partial charge is 0.220 e. The number of oxazole rings is 1. The summed E-state index contributed by atoms with van der Waals surface area (Å²) in [5, 5.41) is 2.90. The molecule has 3 rings (SSSR count). The molecule has 26 heavy (non-hydrogen) atoms. The van der Waals surface area contributed by atoms with Gasteiger partial charge >= 0.3 is 0 Å². The van der Waals surface area contributed by atoms with Crippen molar-refractivity contribution < 1.29 is 13.6 Å². The molecule has 5 heteroatoms. The standard InChI is InChI=1S/C21H21FN2O2/c1-15-24-21(17-5-3-2-4-6-17)19(26-15)13-14-23-20(25)12-9-16-7-10-18(22)11-8-16/h2-8,10-11H,9,12-14H2,1H3,(H,23,25). The number of rotatable bonds is 7. The maximum atomic E-state index is 12.9. The minimum atomic E-state index is -0.269. The molecule has 2 aromatic carbocycles. The average molecular weight is 352 g/mol. The number of aryl methyl sites for hydroxylation is 2. The Hall–Kier alpha value is -2.95. The van der Waals surface area contributed by atoms with Crippen LogP contribution in [-0.4, -0.2) is 17.4 Å². The fourth-order valence-corrected chi connectivity index (χ4v) is 2.77. The van der Waals surface area contributed by atoms with Crippen LogP contribution in [0.2, 0.25) is 0 Å². The van der Waals surface area contributed by atoms with Crippen LogP contribution in [0.15, 0.2) is 59.0 Å². The molecular weight excluding hydrogens is 331 g/mol. The average Bonchev–Trinajstić information content (AvgIpc) is 3.02. The lowest BCUT2D eigenvalue weighted by Crippen LogP contribution is -2.25. The molecule has 0 aliphatic rings. The Labute approximate surface area is 152 Å². The van der Waals surface area contributed by atoms with Gasteiger partial charge in [-0.25, -0.2) is 9.37 Å². The molecule has 0 bridgehead atoms. The van der Waals surface area contributed by atoms with Crippen LogP contribution in [0.4, 0.5) is 4.39 Å². The first kappa shape index (κ1) is 17.9. The molecule has 134 valence electrons. The SMILES string of the molecule is Cc1nc(-c2ccccc2)c(CCNC(=O)CCc2ccc(F)cc2)o1. The van der Waals surface area contributed by atoms with E-state index >= 15 is 0 Å². The summed E-state index contributed by atoms with van der Waals surface area (Å²) in [6.07, 6.45) is 1.53. The molecule has 0 aliphatic carbocycles. The van der Waals surface area contributed by atoms with Crippen molar-refractivity contribution in [2.45, 2.75) is 26.2 Å². The zero-order valence-electron chi connectivity index (χ0n) is 14.7. The summed E-state index contributed by atoms with van der Waals surface area (Å²) < 4.78 is 18.6.